The number of rotatable bonds is 14. The lowest BCUT2D eigenvalue weighted by Gasteiger charge is -2.21. The number of benzene rings is 3. The third kappa shape index (κ3) is 9.47. The molecule has 0 heterocycles. The van der Waals surface area contributed by atoms with Gasteiger partial charge in [-0.25, -0.2) is 5.43 Å². The van der Waals surface area contributed by atoms with Gasteiger partial charge in [-0.1, -0.05) is 66.9 Å². The number of hydrogen-bond donors (Lipinski definition) is 2. The van der Waals surface area contributed by atoms with Crippen molar-refractivity contribution in [1.82, 2.24) is 10.7 Å². The van der Waals surface area contributed by atoms with E-state index in [1.807, 2.05) is 36.4 Å². The van der Waals surface area contributed by atoms with Gasteiger partial charge in [-0.2, -0.15) is 5.10 Å². The summed E-state index contributed by atoms with van der Waals surface area (Å²) in [5.41, 5.74) is 4.09. The molecule has 8 nitrogen and oxygen atoms in total. The van der Waals surface area contributed by atoms with Gasteiger partial charge in [-0.15, -0.1) is 0 Å². The fraction of sp³-hybridized carbons (Fsp3) is 0.300. The van der Waals surface area contributed by atoms with Crippen molar-refractivity contribution in [2.75, 3.05) is 13.7 Å². The van der Waals surface area contributed by atoms with Crippen LogP contribution in [0.25, 0.3) is 0 Å². The minimum atomic E-state index is -0.932. The number of nitrogens with zero attached hydrogens (tertiary/aromatic N) is 1. The lowest BCUT2D eigenvalue weighted by molar-refractivity contribution is -0.132. The van der Waals surface area contributed by atoms with E-state index in [0.717, 1.165) is 18.4 Å². The fourth-order valence-electron chi connectivity index (χ4n) is 3.62. The largest absolute Gasteiger partial charge is 0.493 e. The molecule has 0 saturated heterocycles. The molecule has 0 fully saturated rings. The molecule has 0 aliphatic rings. The quantitative estimate of drug-likeness (QED) is 0.141. The Morgan fingerprint density at radius 3 is 2.42 bits per heavy atom. The molecule has 40 heavy (non-hydrogen) atoms. The van der Waals surface area contributed by atoms with Gasteiger partial charge < -0.3 is 19.5 Å². The highest BCUT2D eigenvalue weighted by atomic mass is 35.5. The van der Waals surface area contributed by atoms with Crippen LogP contribution in [0.4, 0.5) is 0 Å². The van der Waals surface area contributed by atoms with Crippen LogP contribution >= 0.6 is 23.2 Å². The molecule has 2 amide bonds. The smallest absolute Gasteiger partial charge is 0.262 e. The predicted octanol–water partition coefficient (Wildman–Crippen LogP) is 5.83. The van der Waals surface area contributed by atoms with Gasteiger partial charge in [0.1, 0.15) is 11.8 Å². The zero-order valence-electron chi connectivity index (χ0n) is 22.7. The number of halogens is 2. The standard InChI is InChI=1S/C30H33Cl2N3O5/c1-4-5-15-39-27-13-11-22(17-28(27)38-3)19-33-35-30(37)25(16-21-9-7-6-8-10-21)34-29(36)20(2)40-26-14-12-23(31)18-24(26)32/h6-14,17-20,25H,4-5,15-16H2,1-3H3,(H,34,36)(H,35,37)/b33-19-/t20-,25+/m1/s1. The van der Waals surface area contributed by atoms with Crippen molar-refractivity contribution in [1.29, 1.82) is 0 Å². The van der Waals surface area contributed by atoms with Gasteiger partial charge in [-0.3, -0.25) is 9.59 Å². The summed E-state index contributed by atoms with van der Waals surface area (Å²) < 4.78 is 16.9. The molecular weight excluding hydrogens is 553 g/mol. The highest BCUT2D eigenvalue weighted by Gasteiger charge is 2.25. The highest BCUT2D eigenvalue weighted by Crippen LogP contribution is 2.29. The van der Waals surface area contributed by atoms with Crippen LogP contribution in [0.15, 0.2) is 71.8 Å². The second-order valence-electron chi connectivity index (χ2n) is 8.93. The van der Waals surface area contributed by atoms with Crippen molar-refractivity contribution in [3.63, 3.8) is 0 Å². The first kappa shape index (κ1) is 30.8. The van der Waals surface area contributed by atoms with Gasteiger partial charge >= 0.3 is 0 Å². The Balaban J connectivity index is 1.67. The molecule has 2 atom stereocenters. The van der Waals surface area contributed by atoms with E-state index in [4.69, 9.17) is 37.4 Å². The van der Waals surface area contributed by atoms with Crippen LogP contribution in [-0.4, -0.2) is 43.9 Å². The van der Waals surface area contributed by atoms with Gasteiger partial charge in [0, 0.05) is 11.4 Å². The first-order valence-electron chi connectivity index (χ1n) is 12.9. The average Bonchev–Trinajstić information content (AvgIpc) is 2.95. The molecule has 10 heteroatoms. The summed E-state index contributed by atoms with van der Waals surface area (Å²) in [5.74, 6) is 0.528. The van der Waals surface area contributed by atoms with Crippen molar-refractivity contribution in [2.24, 2.45) is 5.10 Å². The van der Waals surface area contributed by atoms with Crippen LogP contribution in [0, 0.1) is 0 Å². The maximum absolute atomic E-state index is 13.1. The Hall–Kier alpha value is -3.75. The molecule has 0 bridgehead atoms. The third-order valence-corrected chi connectivity index (χ3v) is 6.34. The van der Waals surface area contributed by atoms with E-state index in [2.05, 4.69) is 22.8 Å². The fourth-order valence-corrected chi connectivity index (χ4v) is 4.07. The molecule has 3 aromatic carbocycles. The Bertz CT molecular complexity index is 1300. The van der Waals surface area contributed by atoms with Crippen molar-refractivity contribution in [3.8, 4) is 17.2 Å². The number of carbonyl (C=O) groups excluding carboxylic acids is 2. The SMILES string of the molecule is CCCCOc1ccc(/C=N\NC(=O)[C@H](Cc2ccccc2)NC(=O)[C@@H](C)Oc2ccc(Cl)cc2Cl)cc1OC. The second kappa shape index (κ2) is 15.7. The number of nitrogens with one attached hydrogen (secondary N) is 2. The Morgan fingerprint density at radius 1 is 0.975 bits per heavy atom. The number of methoxy groups -OCH3 is 1. The van der Waals surface area contributed by atoms with Crippen LogP contribution < -0.4 is 25.0 Å². The molecule has 0 saturated carbocycles. The molecule has 0 aromatic heterocycles. The number of carbonyl (C=O) groups is 2. The number of unbranched alkanes of at least 4 members (excludes halogenated alkanes) is 1. The monoisotopic (exact) mass is 585 g/mol. The van der Waals surface area contributed by atoms with E-state index >= 15 is 0 Å². The predicted molar refractivity (Wildman–Crippen MR) is 158 cm³/mol. The van der Waals surface area contributed by atoms with E-state index in [1.54, 1.807) is 38.3 Å². The van der Waals surface area contributed by atoms with Gasteiger partial charge in [0.05, 0.1) is 25.0 Å². The first-order valence-corrected chi connectivity index (χ1v) is 13.7. The van der Waals surface area contributed by atoms with Crippen LogP contribution in [-0.2, 0) is 16.0 Å². The van der Waals surface area contributed by atoms with Crippen molar-refractivity contribution >= 4 is 41.2 Å². The summed E-state index contributed by atoms with van der Waals surface area (Å²) in [5, 5.41) is 7.57. The van der Waals surface area contributed by atoms with Crippen molar-refractivity contribution in [2.45, 2.75) is 45.3 Å². The van der Waals surface area contributed by atoms with Crippen molar-refractivity contribution in [3.05, 3.63) is 87.9 Å². The maximum Gasteiger partial charge on any atom is 0.262 e. The Morgan fingerprint density at radius 2 is 1.73 bits per heavy atom. The van der Waals surface area contributed by atoms with E-state index in [-0.39, 0.29) is 11.4 Å². The van der Waals surface area contributed by atoms with Gasteiger partial charge in [0.15, 0.2) is 17.6 Å². The summed E-state index contributed by atoms with van der Waals surface area (Å²) >= 11 is 12.1. The zero-order chi connectivity index (χ0) is 28.9. The van der Waals surface area contributed by atoms with E-state index in [1.165, 1.54) is 12.3 Å². The summed E-state index contributed by atoms with van der Waals surface area (Å²) in [4.78, 5) is 26.1. The molecule has 3 rings (SSSR count). The second-order valence-corrected chi connectivity index (χ2v) is 9.78. The molecule has 0 aliphatic carbocycles. The molecule has 212 valence electrons. The normalized spacial score (nSPS) is 12.4. The lowest BCUT2D eigenvalue weighted by atomic mass is 10.1. The van der Waals surface area contributed by atoms with Crippen LogP contribution in [0.1, 0.15) is 37.8 Å². The first-order chi connectivity index (χ1) is 19.3. The molecule has 0 spiro atoms. The highest BCUT2D eigenvalue weighted by molar-refractivity contribution is 6.35. The minimum Gasteiger partial charge on any atom is -0.493 e. The van der Waals surface area contributed by atoms with Crippen LogP contribution in [0.5, 0.6) is 17.2 Å². The minimum absolute atomic E-state index is 0.250. The van der Waals surface area contributed by atoms with Crippen molar-refractivity contribution < 1.29 is 23.8 Å². The zero-order valence-corrected chi connectivity index (χ0v) is 24.2. The molecular formula is C30H33Cl2N3O5. The third-order valence-electron chi connectivity index (χ3n) is 5.81. The topological polar surface area (TPSA) is 98.2 Å². The Kier molecular flexibility index (Phi) is 12.1. The molecule has 0 aliphatic heterocycles. The molecule has 2 N–H and O–H groups in total. The number of hydrogen-bond acceptors (Lipinski definition) is 6. The molecule has 3 aromatic rings. The summed E-state index contributed by atoms with van der Waals surface area (Å²) in [6.45, 7) is 4.26. The maximum atomic E-state index is 13.1. The van der Waals surface area contributed by atoms with Gasteiger partial charge in [0.2, 0.25) is 0 Å². The van der Waals surface area contributed by atoms with E-state index in [9.17, 15) is 9.59 Å². The van der Waals surface area contributed by atoms with E-state index in [0.29, 0.717) is 34.4 Å². The van der Waals surface area contributed by atoms with Gasteiger partial charge in [-0.05, 0) is 60.9 Å². The van der Waals surface area contributed by atoms with Crippen LogP contribution in [0.3, 0.4) is 0 Å². The lowest BCUT2D eigenvalue weighted by Crippen LogP contribution is -2.50. The molecule has 0 unspecified atom stereocenters. The average molecular weight is 587 g/mol. The van der Waals surface area contributed by atoms with Gasteiger partial charge in [0.25, 0.3) is 11.8 Å². The number of hydrazone groups is 1. The summed E-state index contributed by atoms with van der Waals surface area (Å²) in [6.07, 6.45) is 2.78. The summed E-state index contributed by atoms with van der Waals surface area (Å²) in [7, 11) is 1.56. The van der Waals surface area contributed by atoms with Crippen LogP contribution in [0.2, 0.25) is 10.0 Å². The van der Waals surface area contributed by atoms with E-state index < -0.39 is 24.0 Å². The molecule has 0 radical (unpaired) electrons. The Labute approximate surface area is 244 Å². The number of ether oxygens (including phenoxy) is 3. The summed E-state index contributed by atoms with van der Waals surface area (Å²) in [6, 6.07) is 18.5. The number of amides is 2.